The van der Waals surface area contributed by atoms with Crippen LogP contribution in [0.25, 0.3) is 0 Å². The Morgan fingerprint density at radius 2 is 2.20 bits per heavy atom. The molecule has 0 aliphatic heterocycles. The van der Waals surface area contributed by atoms with Gasteiger partial charge in [0.1, 0.15) is 5.75 Å². The van der Waals surface area contributed by atoms with Crippen LogP contribution in [0.4, 0.5) is 0 Å². The van der Waals surface area contributed by atoms with Crippen molar-refractivity contribution in [2.45, 2.75) is 6.92 Å². The first kappa shape index (κ1) is 14.4. The fraction of sp³-hybridized carbons (Fsp3) is 0.0714. The maximum Gasteiger partial charge on any atom is 0.272 e. The van der Waals surface area contributed by atoms with Crippen LogP contribution >= 0.6 is 22.6 Å². The molecule has 1 amide bonds. The van der Waals surface area contributed by atoms with Gasteiger partial charge in [-0.15, -0.1) is 0 Å². The minimum Gasteiger partial charge on any atom is -0.507 e. The van der Waals surface area contributed by atoms with E-state index in [1.807, 2.05) is 29.5 Å². The highest BCUT2D eigenvalue weighted by molar-refractivity contribution is 14.1. The molecule has 2 aromatic rings. The SMILES string of the molecule is Cc1ccc(C(=O)N/N=C\c2ccc(O)c(I)c2)cn1. The van der Waals surface area contributed by atoms with Crippen LogP contribution in [0.3, 0.4) is 0 Å². The number of aryl methyl sites for hydroxylation is 1. The first-order valence-electron chi connectivity index (χ1n) is 5.81. The molecular weight excluding hydrogens is 369 g/mol. The smallest absolute Gasteiger partial charge is 0.272 e. The normalized spacial score (nSPS) is 10.7. The quantitative estimate of drug-likeness (QED) is 0.487. The number of hydrogen-bond donors (Lipinski definition) is 2. The summed E-state index contributed by atoms with van der Waals surface area (Å²) in [6.45, 7) is 1.85. The third-order valence-corrected chi connectivity index (χ3v) is 3.39. The lowest BCUT2D eigenvalue weighted by Gasteiger charge is -2.00. The molecule has 0 aliphatic carbocycles. The van der Waals surface area contributed by atoms with Crippen LogP contribution < -0.4 is 5.43 Å². The molecular formula is C14H12IN3O2. The molecule has 1 aromatic heterocycles. The zero-order valence-electron chi connectivity index (χ0n) is 10.7. The summed E-state index contributed by atoms with van der Waals surface area (Å²) >= 11 is 2.02. The molecule has 0 fully saturated rings. The molecule has 0 saturated carbocycles. The molecule has 5 nitrogen and oxygen atoms in total. The maximum atomic E-state index is 11.8. The molecule has 0 saturated heterocycles. The van der Waals surface area contributed by atoms with Crippen molar-refractivity contribution in [3.63, 3.8) is 0 Å². The van der Waals surface area contributed by atoms with Gasteiger partial charge >= 0.3 is 0 Å². The Morgan fingerprint density at radius 3 is 2.85 bits per heavy atom. The summed E-state index contributed by atoms with van der Waals surface area (Å²) < 4.78 is 0.723. The van der Waals surface area contributed by atoms with Crippen molar-refractivity contribution in [3.8, 4) is 5.75 Å². The van der Waals surface area contributed by atoms with E-state index in [0.29, 0.717) is 5.56 Å². The number of aromatic hydroxyl groups is 1. The van der Waals surface area contributed by atoms with Crippen LogP contribution in [-0.2, 0) is 0 Å². The van der Waals surface area contributed by atoms with Gasteiger partial charge in [-0.2, -0.15) is 5.10 Å². The number of nitrogens with one attached hydrogen (secondary N) is 1. The summed E-state index contributed by atoms with van der Waals surface area (Å²) in [5, 5.41) is 13.3. The molecule has 0 bridgehead atoms. The van der Waals surface area contributed by atoms with Gasteiger partial charge in [0.25, 0.3) is 5.91 Å². The number of amides is 1. The second-order valence-corrected chi connectivity index (χ2v) is 5.26. The molecule has 1 aromatic carbocycles. The van der Waals surface area contributed by atoms with Gasteiger partial charge in [-0.1, -0.05) is 0 Å². The van der Waals surface area contributed by atoms with E-state index in [0.717, 1.165) is 14.8 Å². The molecule has 0 aliphatic rings. The Hall–Kier alpha value is -1.96. The standard InChI is InChI=1S/C14H12IN3O2/c1-9-2-4-11(8-16-9)14(20)18-17-7-10-3-5-13(19)12(15)6-10/h2-8,19H,1H3,(H,18,20)/b17-7-. The van der Waals surface area contributed by atoms with Gasteiger partial charge in [0, 0.05) is 11.9 Å². The van der Waals surface area contributed by atoms with Crippen molar-refractivity contribution in [1.29, 1.82) is 0 Å². The predicted octanol–water partition coefficient (Wildman–Crippen LogP) is 2.46. The average molecular weight is 381 g/mol. The van der Waals surface area contributed by atoms with E-state index in [-0.39, 0.29) is 11.7 Å². The van der Waals surface area contributed by atoms with Crippen LogP contribution in [0.15, 0.2) is 41.6 Å². The third-order valence-electron chi connectivity index (χ3n) is 2.53. The van der Waals surface area contributed by atoms with Gasteiger partial charge in [-0.25, -0.2) is 5.43 Å². The van der Waals surface area contributed by atoms with E-state index < -0.39 is 0 Å². The number of hydrazone groups is 1. The molecule has 2 rings (SSSR count). The number of carbonyl (C=O) groups is 1. The summed E-state index contributed by atoms with van der Waals surface area (Å²) in [5.41, 5.74) is 4.52. The van der Waals surface area contributed by atoms with Crippen molar-refractivity contribution in [3.05, 3.63) is 56.9 Å². The number of rotatable bonds is 3. The third kappa shape index (κ3) is 3.77. The first-order valence-corrected chi connectivity index (χ1v) is 6.89. The van der Waals surface area contributed by atoms with Gasteiger partial charge in [0.2, 0.25) is 0 Å². The van der Waals surface area contributed by atoms with E-state index in [9.17, 15) is 9.90 Å². The van der Waals surface area contributed by atoms with Gasteiger partial charge in [-0.05, 0) is 65.4 Å². The summed E-state index contributed by atoms with van der Waals surface area (Å²) in [7, 11) is 0. The van der Waals surface area contributed by atoms with Gasteiger partial charge in [-0.3, -0.25) is 9.78 Å². The highest BCUT2D eigenvalue weighted by Crippen LogP contribution is 2.19. The van der Waals surface area contributed by atoms with E-state index in [4.69, 9.17) is 0 Å². The predicted molar refractivity (Wildman–Crippen MR) is 84.9 cm³/mol. The Kier molecular flexibility index (Phi) is 4.67. The Labute approximate surface area is 129 Å². The van der Waals surface area contributed by atoms with Crippen LogP contribution in [0, 0.1) is 10.5 Å². The van der Waals surface area contributed by atoms with Crippen molar-refractivity contribution in [1.82, 2.24) is 10.4 Å². The topological polar surface area (TPSA) is 74.6 Å². The lowest BCUT2D eigenvalue weighted by molar-refractivity contribution is 0.0955. The molecule has 0 atom stereocenters. The number of carbonyl (C=O) groups excluding carboxylic acids is 1. The maximum absolute atomic E-state index is 11.8. The van der Waals surface area contributed by atoms with Crippen LogP contribution in [0.1, 0.15) is 21.6 Å². The number of halogens is 1. The van der Waals surface area contributed by atoms with Crippen LogP contribution in [-0.4, -0.2) is 22.2 Å². The van der Waals surface area contributed by atoms with Gasteiger partial charge in [0.15, 0.2) is 0 Å². The second-order valence-electron chi connectivity index (χ2n) is 4.10. The highest BCUT2D eigenvalue weighted by atomic mass is 127. The number of phenols is 1. The summed E-state index contributed by atoms with van der Waals surface area (Å²) in [6.07, 6.45) is 3.02. The largest absolute Gasteiger partial charge is 0.507 e. The Bertz CT molecular complexity index is 654. The Morgan fingerprint density at radius 1 is 1.40 bits per heavy atom. The highest BCUT2D eigenvalue weighted by Gasteiger charge is 2.03. The van der Waals surface area contributed by atoms with E-state index in [2.05, 4.69) is 15.5 Å². The number of phenolic OH excluding ortho intramolecular Hbond substituents is 1. The number of benzene rings is 1. The fourth-order valence-electron chi connectivity index (χ4n) is 1.44. The molecule has 0 unspecified atom stereocenters. The second kappa shape index (κ2) is 6.47. The van der Waals surface area contributed by atoms with Gasteiger partial charge in [0.05, 0.1) is 15.3 Å². The summed E-state index contributed by atoms with van der Waals surface area (Å²) in [4.78, 5) is 15.8. The molecule has 0 radical (unpaired) electrons. The lowest BCUT2D eigenvalue weighted by atomic mass is 10.2. The van der Waals surface area contributed by atoms with Crippen molar-refractivity contribution >= 4 is 34.7 Å². The van der Waals surface area contributed by atoms with Crippen molar-refractivity contribution in [2.24, 2.45) is 5.10 Å². The summed E-state index contributed by atoms with van der Waals surface area (Å²) in [5.74, 6) is -0.0975. The number of pyridine rings is 1. The lowest BCUT2D eigenvalue weighted by Crippen LogP contribution is -2.17. The number of aromatic nitrogens is 1. The van der Waals surface area contributed by atoms with Crippen LogP contribution in [0.2, 0.25) is 0 Å². The minimum atomic E-state index is -0.317. The Balaban J connectivity index is 2.00. The van der Waals surface area contributed by atoms with Crippen LogP contribution in [0.5, 0.6) is 5.75 Å². The summed E-state index contributed by atoms with van der Waals surface area (Å²) in [6, 6.07) is 8.51. The van der Waals surface area contributed by atoms with Gasteiger partial charge < -0.3 is 5.11 Å². The van der Waals surface area contributed by atoms with Crippen molar-refractivity contribution < 1.29 is 9.90 Å². The first-order chi connectivity index (χ1) is 9.56. The zero-order chi connectivity index (χ0) is 14.5. The van der Waals surface area contributed by atoms with E-state index in [1.54, 1.807) is 30.3 Å². The molecule has 102 valence electrons. The van der Waals surface area contributed by atoms with E-state index >= 15 is 0 Å². The molecule has 1 heterocycles. The zero-order valence-corrected chi connectivity index (χ0v) is 12.8. The van der Waals surface area contributed by atoms with Crippen molar-refractivity contribution in [2.75, 3.05) is 0 Å². The molecule has 20 heavy (non-hydrogen) atoms. The minimum absolute atomic E-state index is 0.220. The molecule has 2 N–H and O–H groups in total. The molecule has 6 heteroatoms. The number of nitrogens with zero attached hydrogens (tertiary/aromatic N) is 2. The number of hydrogen-bond acceptors (Lipinski definition) is 4. The fourth-order valence-corrected chi connectivity index (χ4v) is 1.97. The van der Waals surface area contributed by atoms with E-state index in [1.165, 1.54) is 12.4 Å². The molecule has 0 spiro atoms. The monoisotopic (exact) mass is 381 g/mol. The average Bonchev–Trinajstić information content (AvgIpc) is 2.43.